The highest BCUT2D eigenvalue weighted by molar-refractivity contribution is 7.80. The number of rotatable bonds is 4. The van der Waals surface area contributed by atoms with Crippen molar-refractivity contribution >= 4 is 46.2 Å². The SMILES string of the molecule is COC(=O)CC1(C)C(=S)N(c2ccccc2)N=C1c1ccc(Cl)cc1. The summed E-state index contributed by atoms with van der Waals surface area (Å²) in [7, 11) is 1.37. The summed E-state index contributed by atoms with van der Waals surface area (Å²) in [4.78, 5) is 12.6. The van der Waals surface area contributed by atoms with E-state index in [9.17, 15) is 4.79 Å². The van der Waals surface area contributed by atoms with Crippen molar-refractivity contribution in [2.45, 2.75) is 13.3 Å². The number of hydrazone groups is 1. The molecule has 25 heavy (non-hydrogen) atoms. The molecule has 0 saturated heterocycles. The number of carbonyl (C=O) groups excluding carboxylic acids is 1. The molecule has 0 aromatic heterocycles. The van der Waals surface area contributed by atoms with Crippen molar-refractivity contribution in [3.05, 3.63) is 65.2 Å². The zero-order valence-corrected chi connectivity index (χ0v) is 15.5. The number of benzene rings is 2. The number of nitrogens with zero attached hydrogens (tertiary/aromatic N) is 2. The van der Waals surface area contributed by atoms with Gasteiger partial charge in [0.15, 0.2) is 0 Å². The normalized spacial score (nSPS) is 19.7. The van der Waals surface area contributed by atoms with Crippen molar-refractivity contribution in [3.8, 4) is 0 Å². The molecule has 128 valence electrons. The maximum atomic E-state index is 12.0. The van der Waals surface area contributed by atoms with Crippen LogP contribution in [-0.4, -0.2) is 23.8 Å². The Kier molecular flexibility index (Phi) is 4.88. The van der Waals surface area contributed by atoms with E-state index in [0.717, 1.165) is 17.0 Å². The molecule has 6 heteroatoms. The summed E-state index contributed by atoms with van der Waals surface area (Å²) < 4.78 is 4.88. The molecule has 0 saturated carbocycles. The monoisotopic (exact) mass is 372 g/mol. The van der Waals surface area contributed by atoms with Gasteiger partial charge in [0, 0.05) is 5.02 Å². The molecular weight excluding hydrogens is 356 g/mol. The summed E-state index contributed by atoms with van der Waals surface area (Å²) in [6, 6.07) is 17.0. The molecule has 3 rings (SSSR count). The van der Waals surface area contributed by atoms with Crippen molar-refractivity contribution < 1.29 is 9.53 Å². The predicted molar refractivity (Wildman–Crippen MR) is 104 cm³/mol. The van der Waals surface area contributed by atoms with Crippen molar-refractivity contribution in [2.75, 3.05) is 12.1 Å². The van der Waals surface area contributed by atoms with Gasteiger partial charge in [-0.2, -0.15) is 5.10 Å². The van der Waals surface area contributed by atoms with Gasteiger partial charge in [0.2, 0.25) is 0 Å². The molecule has 1 heterocycles. The van der Waals surface area contributed by atoms with E-state index in [0.29, 0.717) is 10.0 Å². The van der Waals surface area contributed by atoms with Crippen molar-refractivity contribution in [3.63, 3.8) is 0 Å². The van der Waals surface area contributed by atoms with Gasteiger partial charge in [0.25, 0.3) is 0 Å². The molecule has 1 atom stereocenters. The van der Waals surface area contributed by atoms with Crippen LogP contribution < -0.4 is 5.01 Å². The van der Waals surface area contributed by atoms with E-state index in [1.807, 2.05) is 49.4 Å². The Labute approximate surface area is 157 Å². The minimum absolute atomic E-state index is 0.118. The van der Waals surface area contributed by atoms with E-state index in [1.54, 1.807) is 17.1 Å². The first-order valence-electron chi connectivity index (χ1n) is 7.77. The molecule has 1 unspecified atom stereocenters. The lowest BCUT2D eigenvalue weighted by Gasteiger charge is -2.26. The van der Waals surface area contributed by atoms with Crippen LogP contribution in [0.15, 0.2) is 59.7 Å². The predicted octanol–water partition coefficient (Wildman–Crippen LogP) is 4.46. The highest BCUT2D eigenvalue weighted by Gasteiger charge is 2.46. The van der Waals surface area contributed by atoms with E-state index in [-0.39, 0.29) is 12.4 Å². The van der Waals surface area contributed by atoms with Crippen LogP contribution in [0, 0.1) is 5.41 Å². The molecule has 0 amide bonds. The van der Waals surface area contributed by atoms with Crippen LogP contribution in [0.3, 0.4) is 0 Å². The molecule has 0 aliphatic carbocycles. The molecule has 0 fully saturated rings. The van der Waals surface area contributed by atoms with Gasteiger partial charge >= 0.3 is 5.97 Å². The number of anilines is 1. The fourth-order valence-electron chi connectivity index (χ4n) is 2.84. The number of para-hydroxylation sites is 1. The number of thiocarbonyl (C=S) groups is 1. The molecule has 1 aliphatic heterocycles. The quantitative estimate of drug-likeness (QED) is 0.587. The van der Waals surface area contributed by atoms with Gasteiger partial charge in [0.05, 0.1) is 30.3 Å². The average molecular weight is 373 g/mol. The van der Waals surface area contributed by atoms with E-state index in [2.05, 4.69) is 0 Å². The standard InChI is InChI=1S/C19H17ClN2O2S/c1-19(12-16(23)24-2)17(13-8-10-14(20)11-9-13)21-22(18(19)25)15-6-4-3-5-7-15/h3-11H,12H2,1-2H3. The molecule has 0 spiro atoms. The van der Waals surface area contributed by atoms with Gasteiger partial charge in [-0.05, 0) is 36.8 Å². The van der Waals surface area contributed by atoms with Crippen LogP contribution >= 0.6 is 23.8 Å². The number of esters is 1. The Balaban J connectivity index is 2.09. The second-order valence-corrected chi connectivity index (χ2v) is 6.82. The van der Waals surface area contributed by atoms with Crippen LogP contribution in [0.2, 0.25) is 5.02 Å². The molecular formula is C19H17ClN2O2S. The maximum Gasteiger partial charge on any atom is 0.306 e. The molecule has 2 aromatic rings. The fraction of sp³-hybridized carbons (Fsp3) is 0.211. The second-order valence-electron chi connectivity index (χ2n) is 5.99. The lowest BCUT2D eigenvalue weighted by Crippen LogP contribution is -2.38. The van der Waals surface area contributed by atoms with Crippen molar-refractivity contribution in [2.24, 2.45) is 10.5 Å². The Morgan fingerprint density at radius 2 is 1.84 bits per heavy atom. The lowest BCUT2D eigenvalue weighted by atomic mass is 9.79. The second kappa shape index (κ2) is 6.94. The Bertz CT molecular complexity index is 836. The minimum atomic E-state index is -0.744. The number of ether oxygens (including phenoxy) is 1. The van der Waals surface area contributed by atoms with E-state index in [4.69, 9.17) is 33.7 Å². The first kappa shape index (κ1) is 17.6. The molecule has 0 radical (unpaired) electrons. The van der Waals surface area contributed by atoms with Crippen LogP contribution in [0.1, 0.15) is 18.9 Å². The van der Waals surface area contributed by atoms with Gasteiger partial charge in [-0.1, -0.05) is 54.2 Å². The third kappa shape index (κ3) is 3.30. The summed E-state index contributed by atoms with van der Waals surface area (Å²) in [6.45, 7) is 1.92. The first-order chi connectivity index (χ1) is 12.0. The van der Waals surface area contributed by atoms with Crippen molar-refractivity contribution in [1.29, 1.82) is 0 Å². The van der Waals surface area contributed by atoms with E-state index < -0.39 is 5.41 Å². The fourth-order valence-corrected chi connectivity index (χ4v) is 3.28. The van der Waals surface area contributed by atoms with E-state index >= 15 is 0 Å². The van der Waals surface area contributed by atoms with Gasteiger partial charge in [-0.25, -0.2) is 5.01 Å². The summed E-state index contributed by atoms with van der Waals surface area (Å²) >= 11 is 11.7. The van der Waals surface area contributed by atoms with Crippen LogP contribution in [0.5, 0.6) is 0 Å². The molecule has 2 aromatic carbocycles. The highest BCUT2D eigenvalue weighted by Crippen LogP contribution is 2.39. The summed E-state index contributed by atoms with van der Waals surface area (Å²) in [5.74, 6) is -0.332. The van der Waals surface area contributed by atoms with E-state index in [1.165, 1.54) is 7.11 Å². The van der Waals surface area contributed by atoms with Crippen LogP contribution in [-0.2, 0) is 9.53 Å². The number of carbonyl (C=O) groups is 1. The number of hydrogen-bond donors (Lipinski definition) is 0. The van der Waals surface area contributed by atoms with Gasteiger partial charge in [0.1, 0.15) is 4.99 Å². The number of methoxy groups -OCH3 is 1. The molecule has 1 aliphatic rings. The maximum absolute atomic E-state index is 12.0. The van der Waals surface area contributed by atoms with Crippen LogP contribution in [0.25, 0.3) is 0 Å². The Morgan fingerprint density at radius 1 is 1.20 bits per heavy atom. The topological polar surface area (TPSA) is 41.9 Å². The van der Waals surface area contributed by atoms with Crippen molar-refractivity contribution in [1.82, 2.24) is 0 Å². The average Bonchev–Trinajstić information content (AvgIpc) is 2.88. The minimum Gasteiger partial charge on any atom is -0.469 e. The number of halogens is 1. The zero-order valence-electron chi connectivity index (χ0n) is 13.9. The highest BCUT2D eigenvalue weighted by atomic mass is 35.5. The Morgan fingerprint density at radius 3 is 2.44 bits per heavy atom. The smallest absolute Gasteiger partial charge is 0.306 e. The number of hydrogen-bond acceptors (Lipinski definition) is 4. The van der Waals surface area contributed by atoms with Crippen LogP contribution in [0.4, 0.5) is 5.69 Å². The largest absolute Gasteiger partial charge is 0.469 e. The third-order valence-corrected chi connectivity index (χ3v) is 5.11. The van der Waals surface area contributed by atoms with Gasteiger partial charge in [-0.15, -0.1) is 0 Å². The molecule has 4 nitrogen and oxygen atoms in total. The molecule has 0 bridgehead atoms. The zero-order chi connectivity index (χ0) is 18.0. The van der Waals surface area contributed by atoms with Gasteiger partial charge in [-0.3, -0.25) is 4.79 Å². The summed E-state index contributed by atoms with van der Waals surface area (Å²) in [6.07, 6.45) is 0.118. The summed E-state index contributed by atoms with van der Waals surface area (Å²) in [5.41, 5.74) is 1.71. The molecule has 0 N–H and O–H groups in total. The third-order valence-electron chi connectivity index (χ3n) is 4.23. The first-order valence-corrected chi connectivity index (χ1v) is 8.56. The summed E-state index contributed by atoms with van der Waals surface area (Å²) in [5, 5.41) is 7.09. The lowest BCUT2D eigenvalue weighted by molar-refractivity contribution is -0.141. The van der Waals surface area contributed by atoms with Gasteiger partial charge < -0.3 is 4.74 Å². The Hall–Kier alpha value is -2.24.